The van der Waals surface area contributed by atoms with Crippen molar-refractivity contribution in [2.75, 3.05) is 0 Å². The summed E-state index contributed by atoms with van der Waals surface area (Å²) in [7, 11) is 0. The van der Waals surface area contributed by atoms with Crippen molar-refractivity contribution in [1.29, 1.82) is 0 Å². The molecule has 3 aromatic carbocycles. The molecule has 0 amide bonds. The van der Waals surface area contributed by atoms with Gasteiger partial charge in [0, 0.05) is 6.07 Å². The molecule has 5 nitrogen and oxygen atoms in total. The number of carbonyl (C=O) groups is 1. The Balaban J connectivity index is 1.53. The standard InChI is InChI=1S/C25H20O5/c1-16-7-6-10-19(13-16)29-17(2)25(27)30-20-11-12-21-23(14-20)28-15-22(24(21)26)18-8-4-3-5-9-18/h3-15,17H,1-2H3/t17-/m1/s1. The molecule has 0 aliphatic rings. The van der Waals surface area contributed by atoms with Crippen molar-refractivity contribution in [3.8, 4) is 22.6 Å². The summed E-state index contributed by atoms with van der Waals surface area (Å²) < 4.78 is 16.7. The molecule has 0 saturated heterocycles. The molecule has 4 aromatic rings. The number of ether oxygens (including phenoxy) is 2. The van der Waals surface area contributed by atoms with Crippen molar-refractivity contribution < 1.29 is 18.7 Å². The van der Waals surface area contributed by atoms with Gasteiger partial charge in [-0.15, -0.1) is 0 Å². The molecule has 0 saturated carbocycles. The average Bonchev–Trinajstić information content (AvgIpc) is 2.74. The number of benzene rings is 3. The van der Waals surface area contributed by atoms with Gasteiger partial charge in [0.1, 0.15) is 23.3 Å². The van der Waals surface area contributed by atoms with Gasteiger partial charge in [-0.2, -0.15) is 0 Å². The Morgan fingerprint density at radius 1 is 0.933 bits per heavy atom. The van der Waals surface area contributed by atoms with Crippen LogP contribution in [0.2, 0.25) is 0 Å². The van der Waals surface area contributed by atoms with E-state index in [9.17, 15) is 9.59 Å². The van der Waals surface area contributed by atoms with Crippen LogP contribution in [0.3, 0.4) is 0 Å². The van der Waals surface area contributed by atoms with E-state index in [-0.39, 0.29) is 11.2 Å². The second-order valence-electron chi connectivity index (χ2n) is 7.00. The summed E-state index contributed by atoms with van der Waals surface area (Å²) in [6.45, 7) is 3.57. The first kappa shape index (κ1) is 19.5. The Kier molecular flexibility index (Phi) is 5.35. The van der Waals surface area contributed by atoms with Gasteiger partial charge in [-0.3, -0.25) is 4.79 Å². The van der Waals surface area contributed by atoms with Crippen LogP contribution in [0.15, 0.2) is 88.3 Å². The molecule has 0 radical (unpaired) electrons. The number of rotatable bonds is 5. The van der Waals surface area contributed by atoms with E-state index in [4.69, 9.17) is 13.9 Å². The lowest BCUT2D eigenvalue weighted by atomic mass is 10.1. The van der Waals surface area contributed by atoms with Gasteiger partial charge in [-0.05, 0) is 49.2 Å². The Labute approximate surface area is 173 Å². The number of carbonyl (C=O) groups excluding carboxylic acids is 1. The Hall–Kier alpha value is -3.86. The van der Waals surface area contributed by atoms with Crippen molar-refractivity contribution in [3.63, 3.8) is 0 Å². The van der Waals surface area contributed by atoms with Crippen LogP contribution in [0.1, 0.15) is 12.5 Å². The molecule has 0 aliphatic carbocycles. The SMILES string of the molecule is Cc1cccc(O[C@H](C)C(=O)Oc2ccc3c(=O)c(-c4ccccc4)coc3c2)c1. The van der Waals surface area contributed by atoms with Crippen LogP contribution in [0.4, 0.5) is 0 Å². The summed E-state index contributed by atoms with van der Waals surface area (Å²) in [5, 5.41) is 0.417. The lowest BCUT2D eigenvalue weighted by Crippen LogP contribution is -2.28. The summed E-state index contributed by atoms with van der Waals surface area (Å²) in [5.41, 5.74) is 2.50. The van der Waals surface area contributed by atoms with E-state index in [1.807, 2.05) is 55.5 Å². The molecule has 0 spiro atoms. The van der Waals surface area contributed by atoms with Gasteiger partial charge in [0.05, 0.1) is 10.9 Å². The summed E-state index contributed by atoms with van der Waals surface area (Å²) in [5.74, 6) is 0.333. The van der Waals surface area contributed by atoms with Gasteiger partial charge < -0.3 is 13.9 Å². The number of esters is 1. The van der Waals surface area contributed by atoms with E-state index in [1.54, 1.807) is 25.1 Å². The highest BCUT2D eigenvalue weighted by Gasteiger charge is 2.18. The molecule has 1 aromatic heterocycles. The molecule has 1 heterocycles. The minimum absolute atomic E-state index is 0.142. The van der Waals surface area contributed by atoms with Gasteiger partial charge in [-0.25, -0.2) is 4.79 Å². The van der Waals surface area contributed by atoms with Crippen LogP contribution in [-0.2, 0) is 4.79 Å². The number of fused-ring (bicyclic) bond motifs is 1. The van der Waals surface area contributed by atoms with E-state index >= 15 is 0 Å². The molecule has 5 heteroatoms. The molecule has 0 aliphatic heterocycles. The molecule has 150 valence electrons. The van der Waals surface area contributed by atoms with Crippen molar-refractivity contribution in [3.05, 3.63) is 94.8 Å². The third kappa shape index (κ3) is 4.10. The van der Waals surface area contributed by atoms with Crippen molar-refractivity contribution >= 4 is 16.9 Å². The molecule has 0 unspecified atom stereocenters. The summed E-state index contributed by atoms with van der Waals surface area (Å²) in [6.07, 6.45) is 0.629. The molecule has 1 atom stereocenters. The lowest BCUT2D eigenvalue weighted by Gasteiger charge is -2.14. The molecular weight excluding hydrogens is 380 g/mol. The quantitative estimate of drug-likeness (QED) is 0.343. The predicted octanol–water partition coefficient (Wildman–Crippen LogP) is 5.14. The highest BCUT2D eigenvalue weighted by atomic mass is 16.6. The number of hydrogen-bond acceptors (Lipinski definition) is 5. The largest absolute Gasteiger partial charge is 0.479 e. The minimum atomic E-state index is -0.796. The predicted molar refractivity (Wildman–Crippen MR) is 115 cm³/mol. The fraction of sp³-hybridized carbons (Fsp3) is 0.120. The highest BCUT2D eigenvalue weighted by molar-refractivity contribution is 5.84. The third-order valence-electron chi connectivity index (χ3n) is 4.68. The van der Waals surface area contributed by atoms with Crippen LogP contribution in [0, 0.1) is 6.92 Å². The van der Waals surface area contributed by atoms with Crippen molar-refractivity contribution in [2.45, 2.75) is 20.0 Å². The van der Waals surface area contributed by atoms with Crippen LogP contribution < -0.4 is 14.9 Å². The van der Waals surface area contributed by atoms with Crippen molar-refractivity contribution in [2.24, 2.45) is 0 Å². The first-order valence-electron chi connectivity index (χ1n) is 9.57. The normalized spacial score (nSPS) is 11.8. The zero-order valence-electron chi connectivity index (χ0n) is 16.6. The fourth-order valence-electron chi connectivity index (χ4n) is 3.13. The zero-order valence-corrected chi connectivity index (χ0v) is 16.6. The smallest absolute Gasteiger partial charge is 0.352 e. The fourth-order valence-corrected chi connectivity index (χ4v) is 3.13. The Bertz CT molecular complexity index is 1260. The number of aryl methyl sites for hydroxylation is 1. The van der Waals surface area contributed by atoms with E-state index in [0.29, 0.717) is 22.3 Å². The first-order chi connectivity index (χ1) is 14.5. The van der Waals surface area contributed by atoms with E-state index in [2.05, 4.69) is 0 Å². The van der Waals surface area contributed by atoms with Gasteiger partial charge in [0.2, 0.25) is 0 Å². The van der Waals surface area contributed by atoms with Gasteiger partial charge >= 0.3 is 5.97 Å². The van der Waals surface area contributed by atoms with E-state index in [0.717, 1.165) is 11.1 Å². The van der Waals surface area contributed by atoms with Crippen LogP contribution >= 0.6 is 0 Å². The molecular formula is C25H20O5. The number of hydrogen-bond donors (Lipinski definition) is 0. The van der Waals surface area contributed by atoms with Crippen LogP contribution in [0.5, 0.6) is 11.5 Å². The van der Waals surface area contributed by atoms with Crippen LogP contribution in [0.25, 0.3) is 22.1 Å². The first-order valence-corrected chi connectivity index (χ1v) is 9.57. The van der Waals surface area contributed by atoms with E-state index < -0.39 is 12.1 Å². The molecule has 0 bridgehead atoms. The summed E-state index contributed by atoms with van der Waals surface area (Å²) in [4.78, 5) is 25.2. The second kappa shape index (κ2) is 8.25. The minimum Gasteiger partial charge on any atom is -0.479 e. The highest BCUT2D eigenvalue weighted by Crippen LogP contribution is 2.23. The molecule has 4 rings (SSSR count). The van der Waals surface area contributed by atoms with E-state index in [1.165, 1.54) is 12.3 Å². The maximum Gasteiger partial charge on any atom is 0.352 e. The molecule has 0 fully saturated rings. The maximum absolute atomic E-state index is 12.8. The molecule has 0 N–H and O–H groups in total. The van der Waals surface area contributed by atoms with Gasteiger partial charge in [0.15, 0.2) is 11.5 Å². The zero-order chi connectivity index (χ0) is 21.1. The molecule has 30 heavy (non-hydrogen) atoms. The maximum atomic E-state index is 12.8. The van der Waals surface area contributed by atoms with Gasteiger partial charge in [-0.1, -0.05) is 42.5 Å². The second-order valence-corrected chi connectivity index (χ2v) is 7.00. The van der Waals surface area contributed by atoms with Crippen molar-refractivity contribution in [1.82, 2.24) is 0 Å². The third-order valence-corrected chi connectivity index (χ3v) is 4.68. The van der Waals surface area contributed by atoms with Gasteiger partial charge in [0.25, 0.3) is 0 Å². The summed E-state index contributed by atoms with van der Waals surface area (Å²) >= 11 is 0. The Morgan fingerprint density at radius 2 is 1.73 bits per heavy atom. The summed E-state index contributed by atoms with van der Waals surface area (Å²) in [6, 6.07) is 21.5. The van der Waals surface area contributed by atoms with Crippen LogP contribution in [-0.4, -0.2) is 12.1 Å². The average molecular weight is 400 g/mol. The Morgan fingerprint density at radius 3 is 2.50 bits per heavy atom. The lowest BCUT2D eigenvalue weighted by molar-refractivity contribution is -0.141. The monoisotopic (exact) mass is 400 g/mol. The topological polar surface area (TPSA) is 65.7 Å².